The van der Waals surface area contributed by atoms with Gasteiger partial charge < -0.3 is 24.8 Å². The zero-order valence-corrected chi connectivity index (χ0v) is 20.9. The van der Waals surface area contributed by atoms with Crippen LogP contribution in [0.1, 0.15) is 54.3 Å². The van der Waals surface area contributed by atoms with Crippen molar-refractivity contribution in [2.75, 3.05) is 44.5 Å². The Labute approximate surface area is 209 Å². The zero-order chi connectivity index (χ0) is 26.0. The molecule has 3 unspecified atom stereocenters. The Morgan fingerprint density at radius 1 is 1.22 bits per heavy atom. The number of rotatable bonds is 5. The van der Waals surface area contributed by atoms with E-state index in [1.807, 2.05) is 0 Å². The van der Waals surface area contributed by atoms with Crippen molar-refractivity contribution in [3.05, 3.63) is 40.1 Å². The molecule has 3 atom stereocenters. The van der Waals surface area contributed by atoms with Crippen LogP contribution in [0.15, 0.2) is 12.1 Å². The molecule has 0 radical (unpaired) electrons. The fourth-order valence-electron chi connectivity index (χ4n) is 5.28. The number of hydrogen-bond acceptors (Lipinski definition) is 7. The first kappa shape index (κ1) is 26.0. The third-order valence-corrected chi connectivity index (χ3v) is 6.57. The molecule has 2 aliphatic rings. The van der Waals surface area contributed by atoms with Gasteiger partial charge in [-0.1, -0.05) is 12.8 Å². The summed E-state index contributed by atoms with van der Waals surface area (Å²) in [6.45, 7) is 5.92. The molecule has 10 heteroatoms. The second-order valence-electron chi connectivity index (χ2n) is 9.44. The Bertz CT molecular complexity index is 1180. The van der Waals surface area contributed by atoms with Crippen LogP contribution in [-0.2, 0) is 28.7 Å². The topological polar surface area (TPSA) is 82.7 Å². The molecule has 2 aliphatic heterocycles. The standard InChI is InChI=1S/C26H31F3N4O3/c1-5-6-17-8-18(30)9-19(23(17)26(27,28)29)22-10-21-20(14-36-22)24(32-25(31-21)35-4)33-11-15(2)7-16(12-33)13-34-3/h8-9,15-16,22H,7,10-14,30H2,1-4H3. The second-order valence-corrected chi connectivity index (χ2v) is 9.44. The number of methoxy groups -OCH3 is 2. The molecule has 0 bridgehead atoms. The molecule has 1 saturated heterocycles. The molecule has 36 heavy (non-hydrogen) atoms. The van der Waals surface area contributed by atoms with E-state index in [0.717, 1.165) is 25.1 Å². The number of ether oxygens (including phenoxy) is 3. The summed E-state index contributed by atoms with van der Waals surface area (Å²) in [7, 11) is 3.17. The van der Waals surface area contributed by atoms with Gasteiger partial charge in [-0.15, -0.1) is 5.92 Å². The fraction of sp³-hybridized carbons (Fsp3) is 0.538. The van der Waals surface area contributed by atoms with E-state index >= 15 is 0 Å². The smallest absolute Gasteiger partial charge is 0.417 e. The van der Waals surface area contributed by atoms with Gasteiger partial charge in [-0.2, -0.15) is 23.1 Å². The minimum atomic E-state index is -4.62. The monoisotopic (exact) mass is 504 g/mol. The molecule has 4 rings (SSSR count). The summed E-state index contributed by atoms with van der Waals surface area (Å²) in [6, 6.07) is 2.74. The highest BCUT2D eigenvalue weighted by molar-refractivity contribution is 5.58. The normalized spacial score (nSPS) is 22.0. The Kier molecular flexibility index (Phi) is 7.62. The molecule has 2 N–H and O–H groups in total. The van der Waals surface area contributed by atoms with Crippen LogP contribution in [0.5, 0.6) is 6.01 Å². The van der Waals surface area contributed by atoms with Crippen molar-refractivity contribution in [1.82, 2.24) is 9.97 Å². The summed E-state index contributed by atoms with van der Waals surface area (Å²) in [6.07, 6.45) is -4.35. The molecule has 0 spiro atoms. The van der Waals surface area contributed by atoms with Crippen molar-refractivity contribution >= 4 is 11.5 Å². The summed E-state index contributed by atoms with van der Waals surface area (Å²) in [4.78, 5) is 11.3. The predicted octanol–water partition coefficient (Wildman–Crippen LogP) is 4.38. The highest BCUT2D eigenvalue weighted by Gasteiger charge is 2.40. The van der Waals surface area contributed by atoms with Gasteiger partial charge in [0, 0.05) is 49.4 Å². The van der Waals surface area contributed by atoms with Crippen molar-refractivity contribution in [1.29, 1.82) is 0 Å². The van der Waals surface area contributed by atoms with E-state index in [4.69, 9.17) is 19.9 Å². The molecule has 194 valence electrons. The fourth-order valence-corrected chi connectivity index (χ4v) is 5.28. The van der Waals surface area contributed by atoms with Crippen molar-refractivity contribution in [3.8, 4) is 17.9 Å². The van der Waals surface area contributed by atoms with Gasteiger partial charge in [0.2, 0.25) is 0 Å². The van der Waals surface area contributed by atoms with Gasteiger partial charge in [0.15, 0.2) is 0 Å². The van der Waals surface area contributed by atoms with Gasteiger partial charge in [0.25, 0.3) is 0 Å². The number of hydrogen-bond donors (Lipinski definition) is 1. The van der Waals surface area contributed by atoms with Crippen LogP contribution in [0, 0.1) is 23.7 Å². The largest absolute Gasteiger partial charge is 0.467 e. The Hall–Kier alpha value is -3.03. The number of anilines is 2. The molecule has 3 heterocycles. The first-order valence-electron chi connectivity index (χ1n) is 11.9. The number of nitrogens with zero attached hydrogens (tertiary/aromatic N) is 3. The number of fused-ring (bicyclic) bond motifs is 1. The molecule has 0 aliphatic carbocycles. The lowest BCUT2D eigenvalue weighted by Gasteiger charge is -2.39. The maximum atomic E-state index is 14.1. The average Bonchev–Trinajstić information content (AvgIpc) is 2.81. The van der Waals surface area contributed by atoms with Gasteiger partial charge in [-0.25, -0.2) is 0 Å². The van der Waals surface area contributed by atoms with Crippen LogP contribution in [0.4, 0.5) is 24.7 Å². The molecule has 0 saturated carbocycles. The van der Waals surface area contributed by atoms with Crippen LogP contribution in [0.25, 0.3) is 0 Å². The third-order valence-electron chi connectivity index (χ3n) is 6.57. The van der Waals surface area contributed by atoms with Crippen molar-refractivity contribution in [2.24, 2.45) is 11.8 Å². The van der Waals surface area contributed by atoms with Gasteiger partial charge in [-0.05, 0) is 37.0 Å². The van der Waals surface area contributed by atoms with Crippen molar-refractivity contribution in [3.63, 3.8) is 0 Å². The SMILES string of the molecule is CC#Cc1cc(N)cc(C2Cc3nc(OC)nc(N4CC(C)CC(COC)C4)c3CO2)c1C(F)(F)F. The molecular weight excluding hydrogens is 473 g/mol. The maximum absolute atomic E-state index is 14.1. The van der Waals surface area contributed by atoms with Gasteiger partial charge in [-0.3, -0.25) is 0 Å². The summed E-state index contributed by atoms with van der Waals surface area (Å²) >= 11 is 0. The van der Waals surface area contributed by atoms with Gasteiger partial charge >= 0.3 is 12.2 Å². The third kappa shape index (κ3) is 5.37. The first-order chi connectivity index (χ1) is 17.1. The number of benzene rings is 1. The molecule has 2 aromatic rings. The lowest BCUT2D eigenvalue weighted by molar-refractivity contribution is -0.140. The minimum Gasteiger partial charge on any atom is -0.467 e. The number of aromatic nitrogens is 2. The summed E-state index contributed by atoms with van der Waals surface area (Å²) < 4.78 is 59.3. The quantitative estimate of drug-likeness (QED) is 0.478. The van der Waals surface area contributed by atoms with E-state index in [1.165, 1.54) is 26.2 Å². The lowest BCUT2D eigenvalue weighted by atomic mass is 9.89. The second kappa shape index (κ2) is 10.5. The number of nitrogen functional groups attached to an aromatic ring is 1. The maximum Gasteiger partial charge on any atom is 0.417 e. The summed E-state index contributed by atoms with van der Waals surface area (Å²) in [5.74, 6) is 6.55. The Morgan fingerprint density at radius 3 is 2.67 bits per heavy atom. The molecule has 1 fully saturated rings. The van der Waals surface area contributed by atoms with Crippen LogP contribution >= 0.6 is 0 Å². The molecule has 1 aromatic carbocycles. The van der Waals surface area contributed by atoms with E-state index < -0.39 is 17.8 Å². The van der Waals surface area contributed by atoms with Crippen LogP contribution in [0.3, 0.4) is 0 Å². The van der Waals surface area contributed by atoms with Crippen LogP contribution in [0.2, 0.25) is 0 Å². The number of halogens is 3. The van der Waals surface area contributed by atoms with Gasteiger partial charge in [0.05, 0.1) is 37.7 Å². The molecular formula is C26H31F3N4O3. The van der Waals surface area contributed by atoms with E-state index in [-0.39, 0.29) is 35.9 Å². The molecule has 0 amide bonds. The van der Waals surface area contributed by atoms with E-state index in [0.29, 0.717) is 30.0 Å². The van der Waals surface area contributed by atoms with Crippen LogP contribution in [-0.4, -0.2) is 43.9 Å². The first-order valence-corrected chi connectivity index (χ1v) is 11.9. The van der Waals surface area contributed by atoms with E-state index in [1.54, 1.807) is 7.11 Å². The average molecular weight is 505 g/mol. The van der Waals surface area contributed by atoms with E-state index in [2.05, 4.69) is 33.6 Å². The summed E-state index contributed by atoms with van der Waals surface area (Å²) in [5.41, 5.74) is 6.50. The highest BCUT2D eigenvalue weighted by atomic mass is 19.4. The predicted molar refractivity (Wildman–Crippen MR) is 130 cm³/mol. The molecule has 1 aromatic heterocycles. The minimum absolute atomic E-state index is 0.0446. The van der Waals surface area contributed by atoms with Gasteiger partial charge in [0.1, 0.15) is 5.82 Å². The summed E-state index contributed by atoms with van der Waals surface area (Å²) in [5, 5.41) is 0. The van der Waals surface area contributed by atoms with Crippen molar-refractivity contribution in [2.45, 2.75) is 45.6 Å². The zero-order valence-electron chi connectivity index (χ0n) is 20.9. The lowest BCUT2D eigenvalue weighted by Crippen LogP contribution is -2.42. The Morgan fingerprint density at radius 2 is 2.00 bits per heavy atom. The number of alkyl halides is 3. The highest BCUT2D eigenvalue weighted by Crippen LogP contribution is 2.43. The Balaban J connectivity index is 1.74. The number of piperidine rings is 1. The number of nitrogens with two attached hydrogens (primary N) is 1. The molecule has 7 nitrogen and oxygen atoms in total. The van der Waals surface area contributed by atoms with Crippen LogP contribution < -0.4 is 15.4 Å². The van der Waals surface area contributed by atoms with Crippen molar-refractivity contribution < 1.29 is 27.4 Å². The van der Waals surface area contributed by atoms with E-state index in [9.17, 15) is 13.2 Å².